The van der Waals surface area contributed by atoms with Crippen LogP contribution in [-0.2, 0) is 0 Å². The standard InChI is InChI=1S/C13H7Br2F3N2O/c14-6-2-9(17)11(19)1-5(6)13(21)20-12-3-7(15)8(16)4-10(12)18/h1-4H,19H2,(H,20,21). The Labute approximate surface area is 134 Å². The number of benzene rings is 2. The smallest absolute Gasteiger partial charge is 0.256 e. The number of hydrogen-bond acceptors (Lipinski definition) is 2. The minimum absolute atomic E-state index is 0.00288. The molecule has 0 saturated carbocycles. The molecule has 8 heteroatoms. The van der Waals surface area contributed by atoms with Crippen LogP contribution in [0.2, 0.25) is 0 Å². The Hall–Kier alpha value is -1.54. The molecule has 2 aromatic carbocycles. The average molecular weight is 424 g/mol. The molecule has 0 radical (unpaired) electrons. The lowest BCUT2D eigenvalue weighted by Crippen LogP contribution is -2.14. The van der Waals surface area contributed by atoms with Crippen molar-refractivity contribution in [2.75, 3.05) is 11.1 Å². The maximum absolute atomic E-state index is 13.6. The van der Waals surface area contributed by atoms with Crippen molar-refractivity contribution in [3.8, 4) is 0 Å². The second-order valence-electron chi connectivity index (χ2n) is 4.05. The van der Waals surface area contributed by atoms with Crippen molar-refractivity contribution in [1.82, 2.24) is 0 Å². The van der Waals surface area contributed by atoms with E-state index in [0.717, 1.165) is 18.2 Å². The molecular formula is C13H7Br2F3N2O. The Bertz CT molecular complexity index is 738. The molecule has 2 rings (SSSR count). The molecule has 0 fully saturated rings. The zero-order valence-corrected chi connectivity index (χ0v) is 13.4. The molecule has 0 aliphatic rings. The van der Waals surface area contributed by atoms with Gasteiger partial charge in [-0.05, 0) is 50.1 Å². The topological polar surface area (TPSA) is 55.1 Å². The molecule has 0 bridgehead atoms. The third kappa shape index (κ3) is 3.38. The molecule has 110 valence electrons. The van der Waals surface area contributed by atoms with Crippen LogP contribution in [0.5, 0.6) is 0 Å². The van der Waals surface area contributed by atoms with Crippen LogP contribution in [-0.4, -0.2) is 5.91 Å². The van der Waals surface area contributed by atoms with E-state index in [1.165, 1.54) is 0 Å². The molecule has 0 aliphatic heterocycles. The van der Waals surface area contributed by atoms with E-state index in [1.54, 1.807) is 0 Å². The van der Waals surface area contributed by atoms with Gasteiger partial charge in [-0.25, -0.2) is 13.2 Å². The van der Waals surface area contributed by atoms with Crippen molar-refractivity contribution in [3.05, 3.63) is 56.2 Å². The van der Waals surface area contributed by atoms with E-state index in [0.29, 0.717) is 6.07 Å². The highest BCUT2D eigenvalue weighted by Gasteiger charge is 2.16. The van der Waals surface area contributed by atoms with Crippen LogP contribution in [0.4, 0.5) is 24.5 Å². The maximum atomic E-state index is 13.6. The van der Waals surface area contributed by atoms with Crippen molar-refractivity contribution in [2.45, 2.75) is 0 Å². The molecule has 0 saturated heterocycles. The summed E-state index contributed by atoms with van der Waals surface area (Å²) in [6, 6.07) is 3.86. The first kappa shape index (κ1) is 15.8. The van der Waals surface area contributed by atoms with Crippen LogP contribution in [0.1, 0.15) is 10.4 Å². The first-order valence-corrected chi connectivity index (χ1v) is 7.08. The fraction of sp³-hybridized carbons (Fsp3) is 0. The van der Waals surface area contributed by atoms with E-state index in [-0.39, 0.29) is 25.9 Å². The molecule has 0 aromatic heterocycles. The van der Waals surface area contributed by atoms with Gasteiger partial charge in [0.2, 0.25) is 0 Å². The Kier molecular flexibility index (Phi) is 4.58. The summed E-state index contributed by atoms with van der Waals surface area (Å²) in [5, 5.41) is 2.26. The van der Waals surface area contributed by atoms with Gasteiger partial charge in [0.1, 0.15) is 17.5 Å². The highest BCUT2D eigenvalue weighted by Crippen LogP contribution is 2.27. The Morgan fingerprint density at radius 2 is 1.62 bits per heavy atom. The summed E-state index contributed by atoms with van der Waals surface area (Å²) in [5.74, 6) is -3.13. The summed E-state index contributed by atoms with van der Waals surface area (Å²) in [7, 11) is 0. The van der Waals surface area contributed by atoms with Crippen molar-refractivity contribution in [1.29, 1.82) is 0 Å². The molecule has 0 spiro atoms. The second-order valence-corrected chi connectivity index (χ2v) is 5.76. The number of hydrogen-bond donors (Lipinski definition) is 2. The highest BCUT2D eigenvalue weighted by molar-refractivity contribution is 9.10. The summed E-state index contributed by atoms with van der Waals surface area (Å²) in [5.41, 5.74) is 4.97. The Morgan fingerprint density at radius 1 is 0.952 bits per heavy atom. The van der Waals surface area contributed by atoms with Gasteiger partial charge in [0, 0.05) is 10.5 Å². The molecule has 1 amide bonds. The van der Waals surface area contributed by atoms with E-state index in [9.17, 15) is 18.0 Å². The fourth-order valence-corrected chi connectivity index (χ4v) is 2.39. The zero-order chi connectivity index (χ0) is 15.7. The third-order valence-corrected chi connectivity index (χ3v) is 3.85. The molecule has 0 heterocycles. The van der Waals surface area contributed by atoms with Crippen molar-refractivity contribution < 1.29 is 18.0 Å². The number of amides is 1. The van der Waals surface area contributed by atoms with Crippen LogP contribution in [0.15, 0.2) is 33.2 Å². The first-order chi connectivity index (χ1) is 9.79. The van der Waals surface area contributed by atoms with E-state index in [4.69, 9.17) is 5.73 Å². The SMILES string of the molecule is Nc1cc(C(=O)Nc2cc(Br)c(F)cc2F)c(Br)cc1F. The summed E-state index contributed by atoms with van der Waals surface area (Å²) < 4.78 is 40.1. The minimum Gasteiger partial charge on any atom is -0.396 e. The van der Waals surface area contributed by atoms with Gasteiger partial charge in [0.25, 0.3) is 5.91 Å². The molecule has 3 nitrogen and oxygen atoms in total. The average Bonchev–Trinajstić information content (AvgIpc) is 2.40. The molecule has 0 unspecified atom stereocenters. The van der Waals surface area contributed by atoms with Crippen molar-refractivity contribution in [2.24, 2.45) is 0 Å². The Balaban J connectivity index is 2.35. The van der Waals surface area contributed by atoms with Gasteiger partial charge in [0.05, 0.1) is 21.4 Å². The van der Waals surface area contributed by atoms with Crippen LogP contribution in [0, 0.1) is 17.5 Å². The number of halogens is 5. The molecule has 0 atom stereocenters. The van der Waals surface area contributed by atoms with E-state index < -0.39 is 23.4 Å². The normalized spacial score (nSPS) is 10.5. The van der Waals surface area contributed by atoms with Crippen LogP contribution < -0.4 is 11.1 Å². The van der Waals surface area contributed by atoms with Gasteiger partial charge in [-0.1, -0.05) is 0 Å². The van der Waals surface area contributed by atoms with Crippen molar-refractivity contribution >= 4 is 49.1 Å². The number of carbonyl (C=O) groups is 1. The summed E-state index contributed by atoms with van der Waals surface area (Å²) >= 11 is 5.91. The van der Waals surface area contributed by atoms with Gasteiger partial charge in [-0.3, -0.25) is 4.79 Å². The molecule has 3 N–H and O–H groups in total. The first-order valence-electron chi connectivity index (χ1n) is 5.50. The van der Waals surface area contributed by atoms with Gasteiger partial charge in [-0.2, -0.15) is 0 Å². The summed E-state index contributed by atoms with van der Waals surface area (Å²) in [4.78, 5) is 12.1. The van der Waals surface area contributed by atoms with Crippen LogP contribution >= 0.6 is 31.9 Å². The van der Waals surface area contributed by atoms with Crippen LogP contribution in [0.25, 0.3) is 0 Å². The lowest BCUT2D eigenvalue weighted by atomic mass is 10.1. The number of nitrogen functional groups attached to an aromatic ring is 1. The van der Waals surface area contributed by atoms with Gasteiger partial charge < -0.3 is 11.1 Å². The number of rotatable bonds is 2. The largest absolute Gasteiger partial charge is 0.396 e. The quantitative estimate of drug-likeness (QED) is 0.553. The monoisotopic (exact) mass is 422 g/mol. The lowest BCUT2D eigenvalue weighted by Gasteiger charge is -2.10. The second kappa shape index (κ2) is 6.07. The van der Waals surface area contributed by atoms with Gasteiger partial charge in [-0.15, -0.1) is 0 Å². The van der Waals surface area contributed by atoms with E-state index in [2.05, 4.69) is 37.2 Å². The van der Waals surface area contributed by atoms with Crippen molar-refractivity contribution in [3.63, 3.8) is 0 Å². The maximum Gasteiger partial charge on any atom is 0.256 e. The lowest BCUT2D eigenvalue weighted by molar-refractivity contribution is 0.102. The molecule has 21 heavy (non-hydrogen) atoms. The van der Waals surface area contributed by atoms with Gasteiger partial charge >= 0.3 is 0 Å². The summed E-state index contributed by atoms with van der Waals surface area (Å²) in [6.45, 7) is 0. The molecular weight excluding hydrogens is 417 g/mol. The predicted molar refractivity (Wildman–Crippen MR) is 80.5 cm³/mol. The zero-order valence-electron chi connectivity index (χ0n) is 10.2. The predicted octanol–water partition coefficient (Wildman–Crippen LogP) is 4.46. The van der Waals surface area contributed by atoms with Gasteiger partial charge in [0.15, 0.2) is 0 Å². The van der Waals surface area contributed by atoms with E-state index in [1.807, 2.05) is 0 Å². The molecule has 2 aromatic rings. The number of carbonyl (C=O) groups excluding carboxylic acids is 1. The Morgan fingerprint density at radius 3 is 2.29 bits per heavy atom. The van der Waals surface area contributed by atoms with E-state index >= 15 is 0 Å². The number of nitrogens with one attached hydrogen (secondary N) is 1. The minimum atomic E-state index is -0.935. The third-order valence-electron chi connectivity index (χ3n) is 2.59. The molecule has 0 aliphatic carbocycles. The van der Waals surface area contributed by atoms with Crippen LogP contribution in [0.3, 0.4) is 0 Å². The highest BCUT2D eigenvalue weighted by atomic mass is 79.9. The number of anilines is 2. The fourth-order valence-electron chi connectivity index (χ4n) is 1.55. The number of nitrogens with two attached hydrogens (primary N) is 1. The summed E-state index contributed by atoms with van der Waals surface area (Å²) in [6.07, 6.45) is 0.